The van der Waals surface area contributed by atoms with Gasteiger partial charge in [0.05, 0.1) is 6.61 Å². The molecule has 0 amide bonds. The summed E-state index contributed by atoms with van der Waals surface area (Å²) in [6.07, 6.45) is 0. The van der Waals surface area contributed by atoms with Crippen molar-refractivity contribution in [1.82, 2.24) is 10.6 Å². The van der Waals surface area contributed by atoms with Gasteiger partial charge in [-0.25, -0.2) is 0 Å². The molecule has 0 saturated heterocycles. The van der Waals surface area contributed by atoms with Crippen molar-refractivity contribution in [2.45, 2.75) is 19.7 Å². The van der Waals surface area contributed by atoms with Crippen molar-refractivity contribution < 1.29 is 23.0 Å². The number of para-hydroxylation sites is 1. The van der Waals surface area contributed by atoms with E-state index in [1.54, 1.807) is 32.4 Å². The fourth-order valence-electron chi connectivity index (χ4n) is 2.39. The minimum atomic E-state index is -2.86. The molecule has 0 unspecified atom stereocenters. The normalized spacial score (nSPS) is 11.0. The topological polar surface area (TPSA) is 64.1 Å². The molecule has 2 N–H and O–H groups in total. The van der Waals surface area contributed by atoms with Gasteiger partial charge in [-0.3, -0.25) is 4.99 Å². The maximum absolute atomic E-state index is 12.5. The summed E-state index contributed by atoms with van der Waals surface area (Å²) in [6, 6.07) is 14.3. The minimum absolute atomic E-state index is 0. The van der Waals surface area contributed by atoms with Gasteiger partial charge in [-0.15, -0.1) is 24.0 Å². The molecule has 0 heterocycles. The van der Waals surface area contributed by atoms with Crippen LogP contribution in [0.5, 0.6) is 11.5 Å². The van der Waals surface area contributed by atoms with E-state index in [-0.39, 0.29) is 29.7 Å². The summed E-state index contributed by atoms with van der Waals surface area (Å²) in [6.45, 7) is -0.972. The number of rotatable bonds is 10. The Kier molecular flexibility index (Phi) is 12.0. The zero-order valence-corrected chi connectivity index (χ0v) is 18.7. The van der Waals surface area contributed by atoms with Crippen molar-refractivity contribution in [2.24, 2.45) is 4.99 Å². The second-order valence-electron chi connectivity index (χ2n) is 5.75. The third-order valence-electron chi connectivity index (χ3n) is 3.80. The summed E-state index contributed by atoms with van der Waals surface area (Å²) in [5, 5.41) is 6.27. The van der Waals surface area contributed by atoms with Crippen LogP contribution >= 0.6 is 24.0 Å². The Bertz CT molecular complexity index is 746. The van der Waals surface area contributed by atoms with Crippen molar-refractivity contribution in [3.05, 3.63) is 59.7 Å². The van der Waals surface area contributed by atoms with E-state index in [0.29, 0.717) is 37.8 Å². The largest absolute Gasteiger partial charge is 0.491 e. The van der Waals surface area contributed by atoms with Crippen molar-refractivity contribution in [3.8, 4) is 11.5 Å². The van der Waals surface area contributed by atoms with Gasteiger partial charge < -0.3 is 24.8 Å². The molecule has 0 saturated carbocycles. The number of halogens is 3. The minimum Gasteiger partial charge on any atom is -0.491 e. The van der Waals surface area contributed by atoms with E-state index in [0.717, 1.165) is 11.3 Å². The molecule has 0 aromatic heterocycles. The Morgan fingerprint density at radius 1 is 1.00 bits per heavy atom. The van der Waals surface area contributed by atoms with Gasteiger partial charge in [-0.1, -0.05) is 30.3 Å². The van der Waals surface area contributed by atoms with E-state index in [1.165, 1.54) is 6.07 Å². The number of benzene rings is 2. The van der Waals surface area contributed by atoms with Crippen LogP contribution in [0.25, 0.3) is 0 Å². The lowest BCUT2D eigenvalue weighted by molar-refractivity contribution is -0.0504. The van der Waals surface area contributed by atoms with Gasteiger partial charge in [0, 0.05) is 32.8 Å². The van der Waals surface area contributed by atoms with Gasteiger partial charge >= 0.3 is 6.61 Å². The van der Waals surface area contributed by atoms with Crippen LogP contribution in [0.1, 0.15) is 11.1 Å². The first-order valence-corrected chi connectivity index (χ1v) is 8.80. The number of nitrogens with one attached hydrogen (secondary N) is 2. The highest BCUT2D eigenvalue weighted by Gasteiger charge is 2.09. The molecule has 160 valence electrons. The summed E-state index contributed by atoms with van der Waals surface area (Å²) in [5.41, 5.74) is 1.66. The zero-order valence-electron chi connectivity index (χ0n) is 16.4. The number of alkyl halides is 2. The molecule has 0 atom stereocenters. The van der Waals surface area contributed by atoms with E-state index in [2.05, 4.69) is 20.4 Å². The Balaban J connectivity index is 0.00000420. The molecule has 2 rings (SSSR count). The van der Waals surface area contributed by atoms with Gasteiger partial charge in [-0.2, -0.15) is 8.78 Å². The number of aliphatic imine (C=N–C) groups is 1. The standard InChI is InChI=1S/C20H25F2N3O3.HI/c1-23-20(25-14-16-5-3-4-6-18(16)28-19(21)22)24-13-15-7-9-17(10-8-15)27-12-11-26-2;/h3-10,19H,11-14H2,1-2H3,(H2,23,24,25);1H. The second-order valence-corrected chi connectivity index (χ2v) is 5.75. The molecule has 9 heteroatoms. The first-order chi connectivity index (χ1) is 13.6. The van der Waals surface area contributed by atoms with Crippen molar-refractivity contribution >= 4 is 29.9 Å². The molecule has 0 radical (unpaired) electrons. The molecule has 6 nitrogen and oxygen atoms in total. The Hall–Kier alpha value is -2.14. The molecule has 0 aliphatic heterocycles. The maximum Gasteiger partial charge on any atom is 0.387 e. The lowest BCUT2D eigenvalue weighted by Gasteiger charge is -2.14. The molecule has 2 aromatic rings. The number of hydrogen-bond acceptors (Lipinski definition) is 4. The summed E-state index contributed by atoms with van der Waals surface area (Å²) < 4.78 is 40.0. The van der Waals surface area contributed by atoms with Crippen LogP contribution in [0.3, 0.4) is 0 Å². The molecule has 0 aliphatic rings. The zero-order chi connectivity index (χ0) is 20.2. The number of methoxy groups -OCH3 is 1. The van der Waals surface area contributed by atoms with E-state index >= 15 is 0 Å². The van der Waals surface area contributed by atoms with Gasteiger partial charge in [0.15, 0.2) is 5.96 Å². The van der Waals surface area contributed by atoms with Gasteiger partial charge in [0.25, 0.3) is 0 Å². The third-order valence-corrected chi connectivity index (χ3v) is 3.80. The van der Waals surface area contributed by atoms with Crippen molar-refractivity contribution in [3.63, 3.8) is 0 Å². The van der Waals surface area contributed by atoms with Crippen molar-refractivity contribution in [1.29, 1.82) is 0 Å². The molecule has 29 heavy (non-hydrogen) atoms. The molecule has 0 bridgehead atoms. The van der Waals surface area contributed by atoms with Crippen LogP contribution < -0.4 is 20.1 Å². The number of guanidine groups is 1. The number of hydrogen-bond donors (Lipinski definition) is 2. The van der Waals surface area contributed by atoms with Crippen LogP contribution in [0.15, 0.2) is 53.5 Å². The SMILES string of the molecule is CN=C(NCc1ccc(OCCOC)cc1)NCc1ccccc1OC(F)F.I. The fraction of sp³-hybridized carbons (Fsp3) is 0.350. The molecule has 0 fully saturated rings. The average Bonchev–Trinajstić information content (AvgIpc) is 2.70. The maximum atomic E-state index is 12.5. The van der Waals surface area contributed by atoms with E-state index < -0.39 is 6.61 Å². The quantitative estimate of drug-likeness (QED) is 0.216. The van der Waals surface area contributed by atoms with Crippen LogP contribution in [-0.2, 0) is 17.8 Å². The number of nitrogens with zero attached hydrogens (tertiary/aromatic N) is 1. The Morgan fingerprint density at radius 2 is 1.69 bits per heavy atom. The van der Waals surface area contributed by atoms with Crippen LogP contribution in [0.2, 0.25) is 0 Å². The summed E-state index contributed by atoms with van der Waals surface area (Å²) in [7, 11) is 3.27. The van der Waals surface area contributed by atoms with Gasteiger partial charge in [0.2, 0.25) is 0 Å². The van der Waals surface area contributed by atoms with Gasteiger partial charge in [-0.05, 0) is 23.8 Å². The van der Waals surface area contributed by atoms with Gasteiger partial charge in [0.1, 0.15) is 18.1 Å². The predicted molar refractivity (Wildman–Crippen MR) is 119 cm³/mol. The first-order valence-electron chi connectivity index (χ1n) is 8.80. The Labute approximate surface area is 186 Å². The van der Waals surface area contributed by atoms with Crippen LogP contribution in [-0.4, -0.2) is 39.9 Å². The molecular formula is C20H26F2IN3O3. The number of ether oxygens (including phenoxy) is 3. The highest BCUT2D eigenvalue weighted by Crippen LogP contribution is 2.19. The van der Waals surface area contributed by atoms with Crippen LogP contribution in [0, 0.1) is 0 Å². The van der Waals surface area contributed by atoms with Crippen LogP contribution in [0.4, 0.5) is 8.78 Å². The summed E-state index contributed by atoms with van der Waals surface area (Å²) in [4.78, 5) is 4.14. The predicted octanol–water partition coefficient (Wildman–Crippen LogP) is 3.80. The third kappa shape index (κ3) is 9.27. The van der Waals surface area contributed by atoms with E-state index in [1.807, 2.05) is 24.3 Å². The lowest BCUT2D eigenvalue weighted by Crippen LogP contribution is -2.36. The fourth-order valence-corrected chi connectivity index (χ4v) is 2.39. The lowest BCUT2D eigenvalue weighted by atomic mass is 10.2. The first kappa shape index (κ1) is 24.9. The summed E-state index contributed by atoms with van der Waals surface area (Å²) in [5.74, 6) is 1.47. The van der Waals surface area contributed by atoms with E-state index in [9.17, 15) is 8.78 Å². The second kappa shape index (κ2) is 13.9. The monoisotopic (exact) mass is 521 g/mol. The highest BCUT2D eigenvalue weighted by molar-refractivity contribution is 14.0. The molecule has 0 aliphatic carbocycles. The molecule has 0 spiro atoms. The van der Waals surface area contributed by atoms with E-state index in [4.69, 9.17) is 9.47 Å². The summed E-state index contributed by atoms with van der Waals surface area (Å²) >= 11 is 0. The molecular weight excluding hydrogens is 495 g/mol. The highest BCUT2D eigenvalue weighted by atomic mass is 127. The Morgan fingerprint density at radius 3 is 2.34 bits per heavy atom. The smallest absolute Gasteiger partial charge is 0.387 e. The molecule has 2 aromatic carbocycles. The van der Waals surface area contributed by atoms with Crippen molar-refractivity contribution in [2.75, 3.05) is 27.4 Å². The average molecular weight is 521 g/mol.